The molecular formula is C17H34IN7. The molecule has 0 aromatic carbocycles. The van der Waals surface area contributed by atoms with E-state index in [-0.39, 0.29) is 24.0 Å². The van der Waals surface area contributed by atoms with Crippen LogP contribution in [-0.4, -0.2) is 58.3 Å². The van der Waals surface area contributed by atoms with Gasteiger partial charge in [-0.05, 0) is 31.8 Å². The fraction of sp³-hybridized carbons (Fsp3) is 0.824. The Bertz CT molecular complexity index is 507. The molecule has 2 N–H and O–H groups in total. The van der Waals surface area contributed by atoms with Gasteiger partial charge in [0.05, 0.1) is 6.54 Å². The second-order valence-electron chi connectivity index (χ2n) is 6.93. The lowest BCUT2D eigenvalue weighted by Crippen LogP contribution is -2.49. The van der Waals surface area contributed by atoms with Crippen LogP contribution in [0.2, 0.25) is 0 Å². The highest BCUT2D eigenvalue weighted by Gasteiger charge is 2.22. The van der Waals surface area contributed by atoms with E-state index in [1.807, 2.05) is 18.7 Å². The van der Waals surface area contributed by atoms with Crippen molar-refractivity contribution in [2.75, 3.05) is 26.7 Å². The number of nitrogens with zero attached hydrogens (tertiary/aromatic N) is 5. The van der Waals surface area contributed by atoms with Gasteiger partial charge in [0.2, 0.25) is 0 Å². The van der Waals surface area contributed by atoms with Crippen molar-refractivity contribution in [2.24, 2.45) is 18.0 Å². The summed E-state index contributed by atoms with van der Waals surface area (Å²) in [5.41, 5.74) is 0. The van der Waals surface area contributed by atoms with Gasteiger partial charge in [0.1, 0.15) is 6.33 Å². The molecule has 1 atom stereocenters. The van der Waals surface area contributed by atoms with E-state index in [0.717, 1.165) is 18.3 Å². The molecule has 25 heavy (non-hydrogen) atoms. The van der Waals surface area contributed by atoms with E-state index < -0.39 is 0 Å². The minimum absolute atomic E-state index is 0. The largest absolute Gasteiger partial charge is 0.355 e. The quantitative estimate of drug-likeness (QED) is 0.384. The molecule has 1 aromatic rings. The van der Waals surface area contributed by atoms with Crippen LogP contribution < -0.4 is 10.6 Å². The minimum atomic E-state index is 0. The molecular weight excluding hydrogens is 429 g/mol. The summed E-state index contributed by atoms with van der Waals surface area (Å²) >= 11 is 0. The number of halogens is 1. The zero-order chi connectivity index (χ0) is 17.4. The van der Waals surface area contributed by atoms with Crippen LogP contribution in [0.25, 0.3) is 0 Å². The second-order valence-corrected chi connectivity index (χ2v) is 6.93. The number of aryl methyl sites for hydroxylation is 1. The van der Waals surface area contributed by atoms with Gasteiger partial charge in [-0.1, -0.05) is 26.7 Å². The average Bonchev–Trinajstić information content (AvgIpc) is 2.81. The number of hydrogen-bond donors (Lipinski definition) is 2. The Kier molecular flexibility index (Phi) is 10.3. The van der Waals surface area contributed by atoms with Crippen molar-refractivity contribution in [1.29, 1.82) is 0 Å². The monoisotopic (exact) mass is 463 g/mol. The van der Waals surface area contributed by atoms with Gasteiger partial charge < -0.3 is 15.2 Å². The van der Waals surface area contributed by atoms with E-state index in [9.17, 15) is 0 Å². The molecule has 7 nitrogen and oxygen atoms in total. The lowest BCUT2D eigenvalue weighted by molar-refractivity contribution is 0.161. The van der Waals surface area contributed by atoms with Crippen LogP contribution in [-0.2, 0) is 13.6 Å². The van der Waals surface area contributed by atoms with Crippen molar-refractivity contribution in [1.82, 2.24) is 30.3 Å². The molecule has 1 aliphatic rings. The predicted octanol–water partition coefficient (Wildman–Crippen LogP) is 2.00. The van der Waals surface area contributed by atoms with Crippen molar-refractivity contribution in [3.05, 3.63) is 12.2 Å². The zero-order valence-electron chi connectivity index (χ0n) is 16.0. The number of likely N-dealkylation sites (tertiary alicyclic amines) is 1. The van der Waals surface area contributed by atoms with Crippen LogP contribution in [0.5, 0.6) is 0 Å². The lowest BCUT2D eigenvalue weighted by Gasteiger charge is -2.34. The molecule has 1 fully saturated rings. The van der Waals surface area contributed by atoms with Crippen molar-refractivity contribution in [3.63, 3.8) is 0 Å². The second kappa shape index (κ2) is 11.7. The Morgan fingerprint density at radius 1 is 1.20 bits per heavy atom. The molecule has 2 rings (SSSR count). The molecule has 8 heteroatoms. The van der Waals surface area contributed by atoms with E-state index in [1.165, 1.54) is 38.8 Å². The van der Waals surface area contributed by atoms with Crippen LogP contribution in [0.3, 0.4) is 0 Å². The first-order valence-corrected chi connectivity index (χ1v) is 9.13. The topological polar surface area (TPSA) is 70.4 Å². The van der Waals surface area contributed by atoms with E-state index in [4.69, 9.17) is 0 Å². The smallest absolute Gasteiger partial charge is 0.191 e. The van der Waals surface area contributed by atoms with Crippen molar-refractivity contribution in [2.45, 2.75) is 52.1 Å². The first kappa shape index (κ1) is 22.1. The maximum atomic E-state index is 4.33. The normalized spacial score (nSPS) is 17.7. The maximum absolute atomic E-state index is 4.33. The molecule has 1 unspecified atom stereocenters. The van der Waals surface area contributed by atoms with Gasteiger partial charge in [-0.25, -0.2) is 0 Å². The summed E-state index contributed by atoms with van der Waals surface area (Å²) in [6.07, 6.45) is 7.09. The number of nitrogens with one attached hydrogen (secondary N) is 2. The summed E-state index contributed by atoms with van der Waals surface area (Å²) in [5.74, 6) is 2.33. The highest BCUT2D eigenvalue weighted by Crippen LogP contribution is 2.17. The van der Waals surface area contributed by atoms with Crippen molar-refractivity contribution >= 4 is 29.9 Å². The van der Waals surface area contributed by atoms with Gasteiger partial charge in [-0.2, -0.15) is 0 Å². The third-order valence-corrected chi connectivity index (χ3v) is 4.80. The Morgan fingerprint density at radius 2 is 1.88 bits per heavy atom. The molecule has 0 radical (unpaired) electrons. The van der Waals surface area contributed by atoms with E-state index in [1.54, 1.807) is 6.33 Å². The fourth-order valence-electron chi connectivity index (χ4n) is 3.27. The van der Waals surface area contributed by atoms with Crippen molar-refractivity contribution < 1.29 is 0 Å². The molecule has 0 saturated carbocycles. The molecule has 0 bridgehead atoms. The molecule has 2 heterocycles. The maximum Gasteiger partial charge on any atom is 0.191 e. The van der Waals surface area contributed by atoms with Crippen LogP contribution in [0.1, 0.15) is 45.4 Å². The Balaban J connectivity index is 0.00000312. The van der Waals surface area contributed by atoms with Gasteiger partial charge in [0, 0.05) is 26.7 Å². The molecule has 1 aliphatic heterocycles. The summed E-state index contributed by atoms with van der Waals surface area (Å²) in [6, 6.07) is 0.538. The molecule has 0 amide bonds. The number of guanidine groups is 1. The summed E-state index contributed by atoms with van der Waals surface area (Å²) in [7, 11) is 3.75. The molecule has 0 aliphatic carbocycles. The third-order valence-electron chi connectivity index (χ3n) is 4.80. The number of rotatable bonds is 6. The third kappa shape index (κ3) is 7.08. The van der Waals surface area contributed by atoms with Crippen molar-refractivity contribution in [3.8, 4) is 0 Å². The van der Waals surface area contributed by atoms with Crippen LogP contribution in [0.4, 0.5) is 0 Å². The van der Waals surface area contributed by atoms with Gasteiger partial charge >= 0.3 is 0 Å². The van der Waals surface area contributed by atoms with Crippen LogP contribution >= 0.6 is 24.0 Å². The molecule has 0 spiro atoms. The Labute approximate surface area is 169 Å². The first-order chi connectivity index (χ1) is 11.6. The first-order valence-electron chi connectivity index (χ1n) is 9.13. The number of hydrogen-bond acceptors (Lipinski definition) is 4. The Hall–Kier alpha value is -0.900. The average molecular weight is 463 g/mol. The summed E-state index contributed by atoms with van der Waals surface area (Å²) in [6.45, 7) is 8.59. The number of aromatic nitrogens is 3. The lowest BCUT2D eigenvalue weighted by atomic mass is 10.0. The van der Waals surface area contributed by atoms with Gasteiger partial charge in [-0.15, -0.1) is 34.2 Å². The van der Waals surface area contributed by atoms with E-state index in [2.05, 4.69) is 44.6 Å². The van der Waals surface area contributed by atoms with Gasteiger partial charge in [-0.3, -0.25) is 9.89 Å². The predicted molar refractivity (Wildman–Crippen MR) is 113 cm³/mol. The highest BCUT2D eigenvalue weighted by atomic mass is 127. The Morgan fingerprint density at radius 3 is 2.40 bits per heavy atom. The fourth-order valence-corrected chi connectivity index (χ4v) is 3.27. The van der Waals surface area contributed by atoms with Gasteiger partial charge in [0.15, 0.2) is 11.8 Å². The van der Waals surface area contributed by atoms with E-state index >= 15 is 0 Å². The molecule has 144 valence electrons. The van der Waals surface area contributed by atoms with Crippen LogP contribution in [0.15, 0.2) is 11.3 Å². The SMILES string of the molecule is CN=C(NCc1nncn1C)NCC(C(C)C)N1CCCCCC1.I. The summed E-state index contributed by atoms with van der Waals surface area (Å²) in [5, 5.41) is 14.8. The highest BCUT2D eigenvalue weighted by molar-refractivity contribution is 14.0. The zero-order valence-corrected chi connectivity index (χ0v) is 18.4. The number of aliphatic imine (C=N–C) groups is 1. The van der Waals surface area contributed by atoms with Gasteiger partial charge in [0.25, 0.3) is 0 Å². The van der Waals surface area contributed by atoms with E-state index in [0.29, 0.717) is 18.5 Å². The van der Waals surface area contributed by atoms with Crippen LogP contribution in [0, 0.1) is 5.92 Å². The molecule has 1 saturated heterocycles. The summed E-state index contributed by atoms with van der Waals surface area (Å²) in [4.78, 5) is 6.98. The standard InChI is InChI=1S/C17H33N7.HI/c1-14(2)15(24-9-7-5-6-8-10-24)11-19-17(18-3)20-12-16-22-21-13-23(16)4;/h13-15H,5-12H2,1-4H3,(H2,18,19,20);1H. The molecule has 1 aromatic heterocycles. The summed E-state index contributed by atoms with van der Waals surface area (Å²) < 4.78 is 1.91. The minimum Gasteiger partial charge on any atom is -0.355 e.